The minimum absolute atomic E-state index is 0.203. The number of carboxylic acid groups (broad SMARTS) is 1. The summed E-state index contributed by atoms with van der Waals surface area (Å²) in [4.78, 5) is 22.6. The number of hydrogen-bond donors (Lipinski definition) is 1. The molecule has 0 radical (unpaired) electrons. The molecule has 0 aliphatic heterocycles. The quantitative estimate of drug-likeness (QED) is 0.847. The van der Waals surface area contributed by atoms with Gasteiger partial charge >= 0.3 is 12.1 Å². The zero-order valence-electron chi connectivity index (χ0n) is 9.25. The Balaban J connectivity index is 2.78. The van der Waals surface area contributed by atoms with E-state index in [0.717, 1.165) is 4.90 Å². The van der Waals surface area contributed by atoms with Crippen molar-refractivity contribution < 1.29 is 19.4 Å². The zero-order chi connectivity index (χ0) is 13.5. The first kappa shape index (κ1) is 14.6. The lowest BCUT2D eigenvalue weighted by molar-refractivity contribution is -0.135. The van der Waals surface area contributed by atoms with E-state index in [2.05, 4.69) is 0 Å². The van der Waals surface area contributed by atoms with Gasteiger partial charge in [0.1, 0.15) is 18.0 Å². The number of hydrogen-bond acceptors (Lipinski definition) is 3. The molecule has 0 fully saturated rings. The van der Waals surface area contributed by atoms with Crippen LogP contribution < -0.4 is 4.90 Å². The second kappa shape index (κ2) is 7.08. The highest BCUT2D eigenvalue weighted by molar-refractivity contribution is 6.44. The molecule has 0 aliphatic carbocycles. The van der Waals surface area contributed by atoms with Crippen molar-refractivity contribution in [2.45, 2.75) is 4.84 Å². The van der Waals surface area contributed by atoms with Crippen LogP contribution in [0, 0.1) is 0 Å². The molecule has 0 atom stereocenters. The van der Waals surface area contributed by atoms with Crippen LogP contribution in [-0.2, 0) is 9.53 Å². The fourth-order valence-electron chi connectivity index (χ4n) is 1.22. The Hall–Kier alpha value is -1.46. The second-order valence-corrected chi connectivity index (χ2v) is 4.56. The van der Waals surface area contributed by atoms with E-state index in [0.29, 0.717) is 5.69 Å². The average Bonchev–Trinajstić information content (AvgIpc) is 2.34. The maximum absolute atomic E-state index is 11.7. The molecule has 1 aromatic rings. The summed E-state index contributed by atoms with van der Waals surface area (Å²) >= 11 is 10.9. The number of carboxylic acids is 1. The molecule has 0 unspecified atom stereocenters. The molecule has 0 aliphatic rings. The number of para-hydroxylation sites is 1. The van der Waals surface area contributed by atoms with Gasteiger partial charge in [0.15, 0.2) is 0 Å². The number of anilines is 1. The van der Waals surface area contributed by atoms with Crippen molar-refractivity contribution in [2.75, 3.05) is 18.1 Å². The molecule has 0 saturated carbocycles. The summed E-state index contributed by atoms with van der Waals surface area (Å²) < 4.78 is 4.78. The fourth-order valence-corrected chi connectivity index (χ4v) is 1.34. The predicted octanol–water partition coefficient (Wildman–Crippen LogP) is 2.52. The maximum Gasteiger partial charge on any atom is 0.414 e. The Labute approximate surface area is 114 Å². The van der Waals surface area contributed by atoms with E-state index in [-0.39, 0.29) is 6.61 Å². The van der Waals surface area contributed by atoms with Gasteiger partial charge in [-0.3, -0.25) is 9.69 Å². The normalized spacial score (nSPS) is 10.2. The molecule has 0 heterocycles. The predicted molar refractivity (Wildman–Crippen MR) is 68.3 cm³/mol. The molecule has 1 aromatic carbocycles. The number of carbonyl (C=O) groups is 2. The Morgan fingerprint density at radius 1 is 1.28 bits per heavy atom. The number of carbonyl (C=O) groups excluding carboxylic acids is 1. The highest BCUT2D eigenvalue weighted by Crippen LogP contribution is 2.15. The number of rotatable bonds is 5. The lowest BCUT2D eigenvalue weighted by atomic mass is 10.3. The number of amides is 1. The molecule has 18 heavy (non-hydrogen) atoms. The summed E-state index contributed by atoms with van der Waals surface area (Å²) in [5.41, 5.74) is 0.422. The Bertz CT molecular complexity index is 411. The van der Waals surface area contributed by atoms with E-state index in [1.54, 1.807) is 30.3 Å². The minimum Gasteiger partial charge on any atom is -0.480 e. The van der Waals surface area contributed by atoms with Crippen LogP contribution in [0.4, 0.5) is 10.5 Å². The van der Waals surface area contributed by atoms with Gasteiger partial charge < -0.3 is 9.84 Å². The Kier molecular flexibility index (Phi) is 5.74. The fraction of sp³-hybridized carbons (Fsp3) is 0.273. The van der Waals surface area contributed by atoms with E-state index in [1.807, 2.05) is 0 Å². The lowest BCUT2D eigenvalue weighted by Gasteiger charge is -2.20. The molecule has 1 N–H and O–H groups in total. The summed E-state index contributed by atoms with van der Waals surface area (Å²) in [6.45, 7) is -0.705. The molecule has 0 saturated heterocycles. The van der Waals surface area contributed by atoms with Crippen molar-refractivity contribution in [3.63, 3.8) is 0 Å². The van der Waals surface area contributed by atoms with Crippen LogP contribution in [0.5, 0.6) is 0 Å². The molecule has 1 amide bonds. The molecule has 0 aromatic heterocycles. The monoisotopic (exact) mass is 291 g/mol. The smallest absolute Gasteiger partial charge is 0.414 e. The Morgan fingerprint density at radius 3 is 2.39 bits per heavy atom. The number of halogens is 2. The van der Waals surface area contributed by atoms with E-state index in [4.69, 9.17) is 33.0 Å². The average molecular weight is 292 g/mol. The molecule has 5 nitrogen and oxygen atoms in total. The van der Waals surface area contributed by atoms with Crippen molar-refractivity contribution >= 4 is 41.0 Å². The molecule has 1 rings (SSSR count). The highest BCUT2D eigenvalue weighted by Gasteiger charge is 2.20. The molecule has 0 spiro atoms. The summed E-state index contributed by atoms with van der Waals surface area (Å²) in [7, 11) is 0. The summed E-state index contributed by atoms with van der Waals surface area (Å²) in [5, 5.41) is 8.77. The highest BCUT2D eigenvalue weighted by atomic mass is 35.5. The van der Waals surface area contributed by atoms with Gasteiger partial charge in [-0.2, -0.15) is 0 Å². The molecule has 98 valence electrons. The van der Waals surface area contributed by atoms with Gasteiger partial charge in [0.2, 0.25) is 0 Å². The standard InChI is InChI=1S/C11H11Cl2NO4/c12-9(13)7-18-11(17)14(6-10(15)16)8-4-2-1-3-5-8/h1-5,9H,6-7H2,(H,15,16). The second-order valence-electron chi connectivity index (χ2n) is 3.28. The van der Waals surface area contributed by atoms with Gasteiger partial charge in [0, 0.05) is 5.69 Å². The van der Waals surface area contributed by atoms with E-state index in [9.17, 15) is 9.59 Å². The van der Waals surface area contributed by atoms with Crippen molar-refractivity contribution in [2.24, 2.45) is 0 Å². The molecule has 0 bridgehead atoms. The summed E-state index contributed by atoms with van der Waals surface area (Å²) in [6, 6.07) is 8.32. The van der Waals surface area contributed by atoms with Gasteiger partial charge in [-0.25, -0.2) is 4.79 Å². The number of alkyl halides is 2. The number of benzene rings is 1. The molecular weight excluding hydrogens is 281 g/mol. The lowest BCUT2D eigenvalue weighted by Crippen LogP contribution is -2.36. The third-order valence-electron chi connectivity index (χ3n) is 1.91. The topological polar surface area (TPSA) is 66.8 Å². The zero-order valence-corrected chi connectivity index (χ0v) is 10.8. The largest absolute Gasteiger partial charge is 0.480 e. The van der Waals surface area contributed by atoms with Crippen molar-refractivity contribution in [1.82, 2.24) is 0 Å². The first-order valence-corrected chi connectivity index (χ1v) is 5.87. The van der Waals surface area contributed by atoms with Crippen molar-refractivity contribution in [1.29, 1.82) is 0 Å². The summed E-state index contributed by atoms with van der Waals surface area (Å²) in [5.74, 6) is -1.15. The minimum atomic E-state index is -1.15. The number of aliphatic carboxylic acids is 1. The van der Waals surface area contributed by atoms with Crippen LogP contribution >= 0.6 is 23.2 Å². The van der Waals surface area contributed by atoms with Gasteiger partial charge in [-0.05, 0) is 12.1 Å². The van der Waals surface area contributed by atoms with E-state index >= 15 is 0 Å². The van der Waals surface area contributed by atoms with E-state index in [1.165, 1.54) is 0 Å². The van der Waals surface area contributed by atoms with Gasteiger partial charge in [0.05, 0.1) is 0 Å². The van der Waals surface area contributed by atoms with Crippen molar-refractivity contribution in [3.05, 3.63) is 30.3 Å². The molecule has 7 heteroatoms. The van der Waals surface area contributed by atoms with E-state index < -0.39 is 23.4 Å². The van der Waals surface area contributed by atoms with Crippen molar-refractivity contribution in [3.8, 4) is 0 Å². The van der Waals surface area contributed by atoms with Crippen LogP contribution in [0.3, 0.4) is 0 Å². The van der Waals surface area contributed by atoms with Crippen LogP contribution in [0.15, 0.2) is 30.3 Å². The first-order valence-electron chi connectivity index (χ1n) is 5.00. The van der Waals surface area contributed by atoms with Crippen LogP contribution in [0.1, 0.15) is 0 Å². The molecular formula is C11H11Cl2NO4. The third kappa shape index (κ3) is 4.81. The van der Waals surface area contributed by atoms with Gasteiger partial charge in [0.25, 0.3) is 0 Å². The summed E-state index contributed by atoms with van der Waals surface area (Å²) in [6.07, 6.45) is -0.810. The van der Waals surface area contributed by atoms with Crippen LogP contribution in [-0.4, -0.2) is 35.2 Å². The number of nitrogens with zero attached hydrogens (tertiary/aromatic N) is 1. The Morgan fingerprint density at radius 2 is 1.89 bits per heavy atom. The maximum atomic E-state index is 11.7. The van der Waals surface area contributed by atoms with Crippen LogP contribution in [0.25, 0.3) is 0 Å². The van der Waals surface area contributed by atoms with Gasteiger partial charge in [-0.15, -0.1) is 23.2 Å². The first-order chi connectivity index (χ1) is 8.50. The van der Waals surface area contributed by atoms with Gasteiger partial charge in [-0.1, -0.05) is 18.2 Å². The SMILES string of the molecule is O=C(O)CN(C(=O)OCC(Cl)Cl)c1ccccc1. The number of ether oxygens (including phenoxy) is 1. The van der Waals surface area contributed by atoms with Crippen LogP contribution in [0.2, 0.25) is 0 Å². The third-order valence-corrected chi connectivity index (χ3v) is 2.17.